The van der Waals surface area contributed by atoms with E-state index >= 15 is 0 Å². The number of amides is 1. The first-order chi connectivity index (χ1) is 15.5. The summed E-state index contributed by atoms with van der Waals surface area (Å²) < 4.78 is 17.5. The maximum atomic E-state index is 11.2. The van der Waals surface area contributed by atoms with Crippen molar-refractivity contribution < 1.29 is 19.0 Å². The fraction of sp³-hybridized carbons (Fsp3) is 0.320. The highest BCUT2D eigenvalue weighted by molar-refractivity contribution is 5.73. The van der Waals surface area contributed by atoms with Gasteiger partial charge >= 0.3 is 0 Å². The molecule has 0 spiro atoms. The molecule has 1 saturated carbocycles. The molecule has 1 unspecified atom stereocenters. The van der Waals surface area contributed by atoms with Crippen LogP contribution in [-0.2, 0) is 11.4 Å². The Balaban J connectivity index is 1.27. The molecule has 166 valence electrons. The van der Waals surface area contributed by atoms with Gasteiger partial charge in [0.25, 0.3) is 0 Å². The third kappa shape index (κ3) is 6.44. The molecule has 1 aromatic carbocycles. The van der Waals surface area contributed by atoms with Crippen LogP contribution in [0.2, 0.25) is 0 Å². The van der Waals surface area contributed by atoms with Gasteiger partial charge in [0.2, 0.25) is 5.91 Å². The number of carbonyl (C=O) groups excluding carboxylic acids is 1. The lowest BCUT2D eigenvalue weighted by molar-refractivity contribution is -0.119. The Morgan fingerprint density at radius 2 is 1.78 bits per heavy atom. The summed E-state index contributed by atoms with van der Waals surface area (Å²) in [5.74, 6) is 3.43. The lowest BCUT2D eigenvalue weighted by Gasteiger charge is -2.12. The average molecular weight is 434 g/mol. The Labute approximate surface area is 187 Å². The normalized spacial score (nSPS) is 13.8. The van der Waals surface area contributed by atoms with E-state index in [0.29, 0.717) is 29.8 Å². The number of benzene rings is 1. The molecule has 1 amide bonds. The van der Waals surface area contributed by atoms with Gasteiger partial charge in [-0.25, -0.2) is 0 Å². The predicted octanol–water partition coefficient (Wildman–Crippen LogP) is 4.83. The van der Waals surface area contributed by atoms with Crippen molar-refractivity contribution in [3.8, 4) is 23.0 Å². The molecule has 3 aromatic rings. The highest BCUT2D eigenvalue weighted by atomic mass is 16.5. The van der Waals surface area contributed by atoms with Gasteiger partial charge in [0.05, 0.1) is 36.4 Å². The van der Waals surface area contributed by atoms with Gasteiger partial charge in [-0.1, -0.05) is 6.07 Å². The minimum absolute atomic E-state index is 0.0901. The third-order valence-electron chi connectivity index (χ3n) is 5.03. The van der Waals surface area contributed by atoms with Crippen LogP contribution >= 0.6 is 0 Å². The first kappa shape index (κ1) is 21.6. The zero-order valence-corrected chi connectivity index (χ0v) is 18.3. The van der Waals surface area contributed by atoms with Crippen LogP contribution in [0.3, 0.4) is 0 Å². The third-order valence-corrected chi connectivity index (χ3v) is 5.03. The Morgan fingerprint density at radius 3 is 2.47 bits per heavy atom. The monoisotopic (exact) mass is 433 g/mol. The predicted molar refractivity (Wildman–Crippen MR) is 120 cm³/mol. The lowest BCUT2D eigenvalue weighted by Crippen LogP contribution is -2.24. The largest absolute Gasteiger partial charge is 0.493 e. The molecule has 4 rings (SSSR count). The maximum Gasteiger partial charge on any atom is 0.217 e. The van der Waals surface area contributed by atoms with Crippen LogP contribution in [0.5, 0.6) is 23.0 Å². The molecule has 1 fully saturated rings. The molecule has 1 aliphatic carbocycles. The molecule has 1 aliphatic rings. The number of aromatic nitrogens is 2. The Bertz CT molecular complexity index is 1030. The summed E-state index contributed by atoms with van der Waals surface area (Å²) in [5, 5.41) is 2.80. The quantitative estimate of drug-likeness (QED) is 0.493. The van der Waals surface area contributed by atoms with Crippen molar-refractivity contribution in [3.63, 3.8) is 0 Å². The minimum Gasteiger partial charge on any atom is -0.493 e. The van der Waals surface area contributed by atoms with Crippen molar-refractivity contribution in [2.75, 3.05) is 6.61 Å². The summed E-state index contributed by atoms with van der Waals surface area (Å²) in [6.07, 6.45) is 5.84. The molecule has 2 heterocycles. The number of nitrogens with zero attached hydrogens (tertiary/aromatic N) is 2. The maximum absolute atomic E-state index is 11.2. The van der Waals surface area contributed by atoms with Crippen molar-refractivity contribution in [3.05, 3.63) is 72.3 Å². The van der Waals surface area contributed by atoms with Gasteiger partial charge in [-0.05, 0) is 62.1 Å². The Hall–Kier alpha value is -3.61. The first-order valence-electron chi connectivity index (χ1n) is 10.8. The molecule has 1 atom stereocenters. The molecule has 0 radical (unpaired) electrons. The van der Waals surface area contributed by atoms with Gasteiger partial charge in [0.1, 0.15) is 29.6 Å². The second-order valence-corrected chi connectivity index (χ2v) is 7.95. The number of rotatable bonds is 10. The number of hydrogen-bond acceptors (Lipinski definition) is 6. The van der Waals surface area contributed by atoms with Gasteiger partial charge in [0.15, 0.2) is 0 Å². The molecular formula is C25H27N3O4. The van der Waals surface area contributed by atoms with Crippen LogP contribution in [0, 0.1) is 5.92 Å². The number of nitrogens with one attached hydrogen (secondary N) is 1. The van der Waals surface area contributed by atoms with E-state index in [9.17, 15) is 4.79 Å². The number of hydrogen-bond donors (Lipinski definition) is 1. The van der Waals surface area contributed by atoms with Crippen LogP contribution in [0.25, 0.3) is 0 Å². The molecule has 0 saturated heterocycles. The topological polar surface area (TPSA) is 82.6 Å². The van der Waals surface area contributed by atoms with Gasteiger partial charge in [-0.15, -0.1) is 0 Å². The van der Waals surface area contributed by atoms with Crippen molar-refractivity contribution in [2.45, 2.75) is 39.3 Å². The van der Waals surface area contributed by atoms with Gasteiger partial charge in [0, 0.05) is 13.0 Å². The van der Waals surface area contributed by atoms with E-state index in [1.54, 1.807) is 12.4 Å². The second-order valence-electron chi connectivity index (χ2n) is 7.95. The van der Waals surface area contributed by atoms with Crippen LogP contribution in [0.15, 0.2) is 60.9 Å². The molecule has 32 heavy (non-hydrogen) atoms. The van der Waals surface area contributed by atoms with Crippen LogP contribution < -0.4 is 19.5 Å². The van der Waals surface area contributed by atoms with Gasteiger partial charge in [-0.2, -0.15) is 0 Å². The zero-order valence-electron chi connectivity index (χ0n) is 18.3. The standard InChI is InChI=1S/C25H27N3O4/c1-17(28-18(2)29)25-11-10-23(13-27-25)31-16-20-8-9-24(14-26-20)32-22-5-3-4-21(12-22)30-15-19-6-7-19/h3-5,8-14,17,19H,6-7,15-16H2,1-2H3,(H,28,29). The minimum atomic E-state index is -0.152. The fourth-order valence-electron chi connectivity index (χ4n) is 3.09. The van der Waals surface area contributed by atoms with Crippen molar-refractivity contribution in [2.24, 2.45) is 5.92 Å². The summed E-state index contributed by atoms with van der Waals surface area (Å²) in [6, 6.07) is 14.9. The zero-order chi connectivity index (χ0) is 22.3. The van der Waals surface area contributed by atoms with E-state index in [0.717, 1.165) is 23.7 Å². The van der Waals surface area contributed by atoms with E-state index in [4.69, 9.17) is 14.2 Å². The van der Waals surface area contributed by atoms with Crippen molar-refractivity contribution >= 4 is 5.91 Å². The van der Waals surface area contributed by atoms with E-state index in [1.807, 2.05) is 55.5 Å². The SMILES string of the molecule is CC(=O)NC(C)c1ccc(OCc2ccc(Oc3cccc(OCC4CC4)c3)cn2)cn1. The number of carbonyl (C=O) groups is 1. The van der Waals surface area contributed by atoms with E-state index in [1.165, 1.54) is 19.8 Å². The summed E-state index contributed by atoms with van der Waals surface area (Å²) in [4.78, 5) is 19.9. The summed E-state index contributed by atoms with van der Waals surface area (Å²) in [6.45, 7) is 4.45. The molecule has 0 bridgehead atoms. The van der Waals surface area contributed by atoms with Crippen molar-refractivity contribution in [1.29, 1.82) is 0 Å². The lowest BCUT2D eigenvalue weighted by atomic mass is 10.2. The van der Waals surface area contributed by atoms with Crippen LogP contribution in [0.4, 0.5) is 0 Å². The van der Waals surface area contributed by atoms with E-state index in [2.05, 4.69) is 15.3 Å². The molecule has 7 nitrogen and oxygen atoms in total. The van der Waals surface area contributed by atoms with Gasteiger partial charge < -0.3 is 19.5 Å². The fourth-order valence-corrected chi connectivity index (χ4v) is 3.09. The van der Waals surface area contributed by atoms with Crippen LogP contribution in [-0.4, -0.2) is 22.5 Å². The highest BCUT2D eigenvalue weighted by Crippen LogP contribution is 2.31. The summed E-state index contributed by atoms with van der Waals surface area (Å²) in [7, 11) is 0. The molecule has 2 aromatic heterocycles. The molecule has 0 aliphatic heterocycles. The Morgan fingerprint density at radius 1 is 1.00 bits per heavy atom. The second kappa shape index (κ2) is 10.1. The smallest absolute Gasteiger partial charge is 0.217 e. The van der Waals surface area contributed by atoms with E-state index in [-0.39, 0.29) is 11.9 Å². The van der Waals surface area contributed by atoms with Crippen LogP contribution in [0.1, 0.15) is 44.1 Å². The highest BCUT2D eigenvalue weighted by Gasteiger charge is 2.21. The molecule has 1 N–H and O–H groups in total. The summed E-state index contributed by atoms with van der Waals surface area (Å²) in [5.41, 5.74) is 1.55. The first-order valence-corrected chi connectivity index (χ1v) is 10.8. The summed E-state index contributed by atoms with van der Waals surface area (Å²) >= 11 is 0. The van der Waals surface area contributed by atoms with Gasteiger partial charge in [-0.3, -0.25) is 14.8 Å². The number of ether oxygens (including phenoxy) is 3. The molecular weight excluding hydrogens is 406 g/mol. The van der Waals surface area contributed by atoms with Crippen molar-refractivity contribution in [1.82, 2.24) is 15.3 Å². The molecule has 7 heteroatoms. The van der Waals surface area contributed by atoms with E-state index < -0.39 is 0 Å². The Kier molecular flexibility index (Phi) is 6.84. The average Bonchev–Trinajstić information content (AvgIpc) is 3.62. The number of pyridine rings is 2.